The normalized spacial score (nSPS) is 14.4. The van der Waals surface area contributed by atoms with Gasteiger partial charge in [-0.05, 0) is 77.0 Å². The third kappa shape index (κ3) is 39.2. The number of unbranched alkanes of at least 4 members (excludes halogenated alkanes) is 10. The Kier molecular flexibility index (Phi) is 34.4. The maximum absolute atomic E-state index is 12.6. The van der Waals surface area contributed by atoms with Crippen molar-refractivity contribution in [2.75, 3.05) is 47.5 Å². The molecule has 0 bridgehead atoms. The molecule has 1 unspecified atom stereocenters. The van der Waals surface area contributed by atoms with Gasteiger partial charge in [0.05, 0.1) is 27.7 Å². The fourth-order valence-corrected chi connectivity index (χ4v) is 5.71. The standard InChI is InChI=1S/C44H76NO8P/c1-6-8-10-12-14-16-18-20-21-22-23-25-27-29-31-33-35-37-44(47)53-42(41-52-54(48,49)51-39-38-45(3,4)5)40-50-43(46)36-34-32-30-28-26-24-19-17-15-13-11-9-7-2/h8,10,14,16-17,19-21,23,25,29,31,42H,6-7,9,11-13,15,18,22,24,26-28,30,32-41H2,1-5H3/b10-8-,16-14-,19-17-,21-20-,25-23-,31-29-/t42-/m1/s1. The molecule has 0 rings (SSSR count). The van der Waals surface area contributed by atoms with Gasteiger partial charge in [-0.2, -0.15) is 0 Å². The molecule has 310 valence electrons. The summed E-state index contributed by atoms with van der Waals surface area (Å²) in [6.07, 6.45) is 43.6. The van der Waals surface area contributed by atoms with Gasteiger partial charge in [-0.25, -0.2) is 0 Å². The maximum atomic E-state index is 12.6. The number of nitrogens with zero attached hydrogens (tertiary/aromatic N) is 1. The zero-order valence-electron chi connectivity index (χ0n) is 34.6. The minimum atomic E-state index is -4.64. The van der Waals surface area contributed by atoms with Crippen LogP contribution in [0.1, 0.15) is 142 Å². The van der Waals surface area contributed by atoms with Gasteiger partial charge in [0.1, 0.15) is 19.8 Å². The van der Waals surface area contributed by atoms with Gasteiger partial charge < -0.3 is 27.9 Å². The van der Waals surface area contributed by atoms with Crippen molar-refractivity contribution in [1.82, 2.24) is 0 Å². The number of ether oxygens (including phenoxy) is 2. The van der Waals surface area contributed by atoms with Crippen molar-refractivity contribution in [2.24, 2.45) is 0 Å². The van der Waals surface area contributed by atoms with Gasteiger partial charge in [0, 0.05) is 12.8 Å². The van der Waals surface area contributed by atoms with E-state index in [0.29, 0.717) is 30.3 Å². The van der Waals surface area contributed by atoms with Crippen LogP contribution in [0.5, 0.6) is 0 Å². The predicted octanol–water partition coefficient (Wildman–Crippen LogP) is 10.8. The van der Waals surface area contributed by atoms with E-state index in [2.05, 4.69) is 80.7 Å². The molecule has 9 nitrogen and oxygen atoms in total. The third-order valence-corrected chi connectivity index (χ3v) is 9.17. The van der Waals surface area contributed by atoms with Crippen molar-refractivity contribution in [3.05, 3.63) is 72.9 Å². The van der Waals surface area contributed by atoms with Crippen molar-refractivity contribution in [3.63, 3.8) is 0 Å². The lowest BCUT2D eigenvalue weighted by Crippen LogP contribution is -2.37. The van der Waals surface area contributed by atoms with Gasteiger partial charge in [0.2, 0.25) is 0 Å². The first kappa shape index (κ1) is 51.5. The number of carbonyl (C=O) groups excluding carboxylic acids is 2. The molecule has 0 heterocycles. The van der Waals surface area contributed by atoms with E-state index in [9.17, 15) is 19.0 Å². The highest BCUT2D eigenvalue weighted by Gasteiger charge is 2.21. The van der Waals surface area contributed by atoms with Crippen LogP contribution in [0, 0.1) is 0 Å². The zero-order chi connectivity index (χ0) is 40.0. The Hall–Kier alpha value is -2.55. The first-order chi connectivity index (χ1) is 26.0. The summed E-state index contributed by atoms with van der Waals surface area (Å²) in [5, 5.41) is 0. The summed E-state index contributed by atoms with van der Waals surface area (Å²) >= 11 is 0. The minimum absolute atomic E-state index is 0.0463. The van der Waals surface area contributed by atoms with Crippen molar-refractivity contribution in [1.29, 1.82) is 0 Å². The van der Waals surface area contributed by atoms with Crippen molar-refractivity contribution in [3.8, 4) is 0 Å². The number of quaternary nitrogens is 1. The van der Waals surface area contributed by atoms with Gasteiger partial charge >= 0.3 is 11.9 Å². The molecule has 0 fully saturated rings. The number of hydrogen-bond donors (Lipinski definition) is 0. The highest BCUT2D eigenvalue weighted by atomic mass is 31.2. The van der Waals surface area contributed by atoms with Crippen LogP contribution in [0.2, 0.25) is 0 Å². The SMILES string of the molecule is CC/C=C\C/C=C\C/C=C\C/C=C\C/C=C\CCCC(=O)O[C@H](COC(=O)CCCCCCC/C=C\CCCCCC)COP(=O)([O-])OCC[N+](C)(C)C. The Bertz CT molecular complexity index is 1150. The molecule has 0 aliphatic rings. The number of hydrogen-bond acceptors (Lipinski definition) is 8. The Morgan fingerprint density at radius 2 is 1.07 bits per heavy atom. The highest BCUT2D eigenvalue weighted by Crippen LogP contribution is 2.38. The molecule has 0 amide bonds. The zero-order valence-corrected chi connectivity index (χ0v) is 35.5. The summed E-state index contributed by atoms with van der Waals surface area (Å²) in [5.41, 5.74) is 0. The second-order valence-electron chi connectivity index (χ2n) is 14.6. The van der Waals surface area contributed by atoms with Crippen LogP contribution in [0.3, 0.4) is 0 Å². The monoisotopic (exact) mass is 778 g/mol. The molecule has 0 aliphatic heterocycles. The number of phosphoric acid groups is 1. The Labute approximate surface area is 329 Å². The van der Waals surface area contributed by atoms with Crippen LogP contribution >= 0.6 is 7.82 Å². The largest absolute Gasteiger partial charge is 0.756 e. The smallest absolute Gasteiger partial charge is 0.306 e. The lowest BCUT2D eigenvalue weighted by Gasteiger charge is -2.28. The molecule has 0 aromatic carbocycles. The molecule has 0 radical (unpaired) electrons. The molecule has 0 spiro atoms. The fourth-order valence-electron chi connectivity index (χ4n) is 4.98. The summed E-state index contributed by atoms with van der Waals surface area (Å²) in [6.45, 7) is 3.99. The van der Waals surface area contributed by atoms with Crippen LogP contribution in [-0.4, -0.2) is 70.0 Å². The summed E-state index contributed by atoms with van der Waals surface area (Å²) in [7, 11) is 1.11. The number of allylic oxidation sites excluding steroid dienone is 12. The number of carbonyl (C=O) groups is 2. The quantitative estimate of drug-likeness (QED) is 0.0203. The van der Waals surface area contributed by atoms with Crippen molar-refractivity contribution >= 4 is 19.8 Å². The van der Waals surface area contributed by atoms with Gasteiger partial charge in [0.15, 0.2) is 6.10 Å². The molecular formula is C44H76NO8P. The molecule has 10 heteroatoms. The van der Waals surface area contributed by atoms with E-state index in [1.165, 1.54) is 32.1 Å². The average Bonchev–Trinajstić information content (AvgIpc) is 3.12. The van der Waals surface area contributed by atoms with E-state index in [4.69, 9.17) is 18.5 Å². The number of likely N-dealkylation sites (N-methyl/N-ethyl adjacent to an activating group) is 1. The van der Waals surface area contributed by atoms with E-state index in [1.54, 1.807) is 0 Å². The number of rotatable bonds is 36. The molecule has 54 heavy (non-hydrogen) atoms. The first-order valence-corrected chi connectivity index (χ1v) is 22.1. The summed E-state index contributed by atoms with van der Waals surface area (Å²) in [5.74, 6) is -0.921. The van der Waals surface area contributed by atoms with E-state index >= 15 is 0 Å². The predicted molar refractivity (Wildman–Crippen MR) is 222 cm³/mol. The van der Waals surface area contributed by atoms with E-state index in [-0.39, 0.29) is 26.1 Å². The van der Waals surface area contributed by atoms with Crippen molar-refractivity contribution in [2.45, 2.75) is 148 Å². The van der Waals surface area contributed by atoms with E-state index < -0.39 is 32.5 Å². The second kappa shape index (κ2) is 36.1. The minimum Gasteiger partial charge on any atom is -0.756 e. The average molecular weight is 778 g/mol. The van der Waals surface area contributed by atoms with Gasteiger partial charge in [-0.1, -0.05) is 125 Å². The van der Waals surface area contributed by atoms with Gasteiger partial charge in [-0.3, -0.25) is 14.2 Å². The molecule has 0 aromatic rings. The van der Waals surface area contributed by atoms with Crippen LogP contribution in [0.15, 0.2) is 72.9 Å². The molecule has 0 saturated carbocycles. The highest BCUT2D eigenvalue weighted by molar-refractivity contribution is 7.45. The topological polar surface area (TPSA) is 111 Å². The maximum Gasteiger partial charge on any atom is 0.306 e. The van der Waals surface area contributed by atoms with E-state index in [0.717, 1.165) is 64.2 Å². The summed E-state index contributed by atoms with van der Waals surface area (Å²) in [6, 6.07) is 0. The summed E-state index contributed by atoms with van der Waals surface area (Å²) in [4.78, 5) is 37.4. The Morgan fingerprint density at radius 3 is 1.65 bits per heavy atom. The number of phosphoric ester groups is 1. The van der Waals surface area contributed by atoms with Crippen LogP contribution in [-0.2, 0) is 32.7 Å². The molecular weight excluding hydrogens is 701 g/mol. The second-order valence-corrected chi connectivity index (χ2v) is 16.0. The van der Waals surface area contributed by atoms with E-state index in [1.807, 2.05) is 27.2 Å². The van der Waals surface area contributed by atoms with Crippen molar-refractivity contribution < 1.29 is 42.1 Å². The molecule has 0 saturated heterocycles. The molecule has 0 N–H and O–H groups in total. The van der Waals surface area contributed by atoms with Gasteiger partial charge in [-0.15, -0.1) is 0 Å². The molecule has 0 aromatic heterocycles. The van der Waals surface area contributed by atoms with Crippen LogP contribution in [0.25, 0.3) is 0 Å². The van der Waals surface area contributed by atoms with Gasteiger partial charge in [0.25, 0.3) is 7.82 Å². The van der Waals surface area contributed by atoms with Crippen LogP contribution < -0.4 is 4.89 Å². The molecule has 0 aliphatic carbocycles. The third-order valence-electron chi connectivity index (χ3n) is 8.21. The Morgan fingerprint density at radius 1 is 0.593 bits per heavy atom. The first-order valence-electron chi connectivity index (χ1n) is 20.6. The summed E-state index contributed by atoms with van der Waals surface area (Å²) < 4.78 is 33.7. The van der Waals surface area contributed by atoms with Crippen LogP contribution in [0.4, 0.5) is 0 Å². The number of esters is 2. The molecule has 2 atom stereocenters. The Balaban J connectivity index is 4.54. The lowest BCUT2D eigenvalue weighted by molar-refractivity contribution is -0.870. The fraction of sp³-hybridized carbons (Fsp3) is 0.682. The lowest BCUT2D eigenvalue weighted by atomic mass is 10.1.